The summed E-state index contributed by atoms with van der Waals surface area (Å²) < 4.78 is 16.4. The molecule has 5 heteroatoms. The van der Waals surface area contributed by atoms with Crippen LogP contribution in [-0.2, 0) is 6.42 Å². The van der Waals surface area contributed by atoms with Crippen LogP contribution in [0.2, 0.25) is 5.02 Å². The van der Waals surface area contributed by atoms with E-state index in [1.165, 1.54) is 0 Å². The molecule has 3 aromatic rings. The third kappa shape index (κ3) is 3.26. The number of hydrogen-bond acceptors (Lipinski definition) is 4. The van der Waals surface area contributed by atoms with Crippen LogP contribution in [0.1, 0.15) is 22.5 Å². The Hall–Kier alpha value is -2.72. The first-order valence-electron chi connectivity index (χ1n) is 7.97. The number of rotatable bonds is 5. The zero-order valence-electron chi connectivity index (χ0n) is 13.3. The van der Waals surface area contributed by atoms with Crippen molar-refractivity contribution in [2.75, 3.05) is 6.79 Å². The van der Waals surface area contributed by atoms with E-state index in [2.05, 4.69) is 0 Å². The van der Waals surface area contributed by atoms with Crippen LogP contribution in [0.25, 0.3) is 11.3 Å². The number of aryl methyl sites for hydroxylation is 1. The average molecular weight is 355 g/mol. The monoisotopic (exact) mass is 354 g/mol. The first-order valence-corrected chi connectivity index (χ1v) is 8.35. The normalized spacial score (nSPS) is 12.4. The van der Waals surface area contributed by atoms with Gasteiger partial charge in [-0.3, -0.25) is 4.79 Å². The van der Waals surface area contributed by atoms with Crippen molar-refractivity contribution >= 4 is 17.4 Å². The fraction of sp³-hybridized carbons (Fsp3) is 0.150. The van der Waals surface area contributed by atoms with Crippen molar-refractivity contribution in [3.8, 4) is 22.8 Å². The van der Waals surface area contributed by atoms with Gasteiger partial charge < -0.3 is 13.9 Å². The Balaban J connectivity index is 1.43. The van der Waals surface area contributed by atoms with Crippen LogP contribution in [0.15, 0.2) is 59.0 Å². The molecule has 0 amide bonds. The summed E-state index contributed by atoms with van der Waals surface area (Å²) in [7, 11) is 0. The second-order valence-corrected chi connectivity index (χ2v) is 6.14. The van der Waals surface area contributed by atoms with E-state index in [-0.39, 0.29) is 12.6 Å². The van der Waals surface area contributed by atoms with Crippen LogP contribution in [-0.4, -0.2) is 12.6 Å². The molecule has 0 saturated carbocycles. The average Bonchev–Trinajstić information content (AvgIpc) is 3.28. The lowest BCUT2D eigenvalue weighted by molar-refractivity contribution is 0.0980. The topological polar surface area (TPSA) is 48.7 Å². The highest BCUT2D eigenvalue weighted by molar-refractivity contribution is 6.33. The van der Waals surface area contributed by atoms with E-state index in [4.69, 9.17) is 25.5 Å². The van der Waals surface area contributed by atoms with Gasteiger partial charge in [0.2, 0.25) is 6.79 Å². The van der Waals surface area contributed by atoms with Crippen LogP contribution < -0.4 is 9.47 Å². The third-order valence-corrected chi connectivity index (χ3v) is 4.42. The minimum absolute atomic E-state index is 0.0361. The van der Waals surface area contributed by atoms with E-state index in [1.807, 2.05) is 36.4 Å². The van der Waals surface area contributed by atoms with Crippen molar-refractivity contribution < 1.29 is 18.7 Å². The van der Waals surface area contributed by atoms with E-state index in [0.29, 0.717) is 40.7 Å². The molecule has 0 saturated heterocycles. The van der Waals surface area contributed by atoms with Gasteiger partial charge in [0, 0.05) is 24.0 Å². The molecule has 0 fully saturated rings. The molecule has 2 heterocycles. The molecule has 0 atom stereocenters. The molecule has 126 valence electrons. The quantitative estimate of drug-likeness (QED) is 0.595. The highest BCUT2D eigenvalue weighted by Crippen LogP contribution is 2.33. The van der Waals surface area contributed by atoms with E-state index in [9.17, 15) is 4.79 Å². The van der Waals surface area contributed by atoms with Gasteiger partial charge in [0.15, 0.2) is 17.3 Å². The maximum atomic E-state index is 12.4. The molecular weight excluding hydrogens is 340 g/mol. The van der Waals surface area contributed by atoms with Gasteiger partial charge in [-0.2, -0.15) is 0 Å². The number of halogens is 1. The molecule has 0 bridgehead atoms. The lowest BCUT2D eigenvalue weighted by atomic mass is 10.1. The van der Waals surface area contributed by atoms with Crippen molar-refractivity contribution in [3.63, 3.8) is 0 Å². The van der Waals surface area contributed by atoms with Crippen molar-refractivity contribution in [2.24, 2.45) is 0 Å². The first-order chi connectivity index (χ1) is 12.2. The number of hydrogen-bond donors (Lipinski definition) is 0. The summed E-state index contributed by atoms with van der Waals surface area (Å²) in [6.45, 7) is 0.199. The highest BCUT2D eigenvalue weighted by Gasteiger charge is 2.16. The Morgan fingerprint density at radius 1 is 1.00 bits per heavy atom. The summed E-state index contributed by atoms with van der Waals surface area (Å²) in [5.41, 5.74) is 1.46. The van der Waals surface area contributed by atoms with Gasteiger partial charge in [0.1, 0.15) is 11.5 Å². The SMILES string of the molecule is O=C(CCc1ccc(-c2ccccc2Cl)o1)c1ccc2c(c1)OCO2. The largest absolute Gasteiger partial charge is 0.461 e. The molecule has 25 heavy (non-hydrogen) atoms. The van der Waals surface area contributed by atoms with Crippen molar-refractivity contribution in [2.45, 2.75) is 12.8 Å². The van der Waals surface area contributed by atoms with Crippen molar-refractivity contribution in [1.82, 2.24) is 0 Å². The molecule has 1 aromatic heterocycles. The number of ketones is 1. The Morgan fingerprint density at radius 2 is 1.84 bits per heavy atom. The number of ether oxygens (including phenoxy) is 2. The van der Waals surface area contributed by atoms with Gasteiger partial charge in [-0.05, 0) is 42.5 Å². The van der Waals surface area contributed by atoms with Gasteiger partial charge in [-0.25, -0.2) is 0 Å². The molecule has 4 nitrogen and oxygen atoms in total. The predicted octanol–water partition coefficient (Wildman–Crippen LogP) is 5.14. The predicted molar refractivity (Wildman–Crippen MR) is 94.4 cm³/mol. The molecule has 0 unspecified atom stereocenters. The Morgan fingerprint density at radius 3 is 2.72 bits per heavy atom. The van der Waals surface area contributed by atoms with Crippen molar-refractivity contribution in [1.29, 1.82) is 0 Å². The lowest BCUT2D eigenvalue weighted by Crippen LogP contribution is -2.00. The summed E-state index contributed by atoms with van der Waals surface area (Å²) >= 11 is 6.19. The number of fused-ring (bicyclic) bond motifs is 1. The molecular formula is C20H15ClO4. The van der Waals surface area contributed by atoms with Crippen LogP contribution in [0.5, 0.6) is 11.5 Å². The maximum absolute atomic E-state index is 12.4. The first kappa shape index (κ1) is 15.8. The molecule has 1 aliphatic heterocycles. The van der Waals surface area contributed by atoms with Crippen LogP contribution >= 0.6 is 11.6 Å². The standard InChI is InChI=1S/C20H15ClO4/c21-16-4-2-1-3-15(16)18-10-7-14(25-18)6-8-17(22)13-5-9-19-20(11-13)24-12-23-19/h1-5,7,9-11H,6,8,12H2. The number of furan rings is 1. The zero-order chi connectivity index (χ0) is 17.2. The van der Waals surface area contributed by atoms with E-state index >= 15 is 0 Å². The number of carbonyl (C=O) groups is 1. The summed E-state index contributed by atoms with van der Waals surface area (Å²) in [6.07, 6.45) is 0.882. The number of benzene rings is 2. The van der Waals surface area contributed by atoms with E-state index in [1.54, 1.807) is 18.2 Å². The number of Topliss-reactive ketones (excluding diaryl/α,β-unsaturated/α-hetero) is 1. The van der Waals surface area contributed by atoms with E-state index in [0.717, 1.165) is 11.3 Å². The number of carbonyl (C=O) groups excluding carboxylic acids is 1. The second kappa shape index (κ2) is 6.65. The van der Waals surface area contributed by atoms with Crippen LogP contribution in [0, 0.1) is 0 Å². The van der Waals surface area contributed by atoms with Gasteiger partial charge in [-0.15, -0.1) is 0 Å². The summed E-state index contributed by atoms with van der Waals surface area (Å²) in [5.74, 6) is 2.78. The molecule has 0 spiro atoms. The van der Waals surface area contributed by atoms with Crippen LogP contribution in [0.4, 0.5) is 0 Å². The lowest BCUT2D eigenvalue weighted by Gasteiger charge is -2.02. The smallest absolute Gasteiger partial charge is 0.231 e. The minimum atomic E-state index is 0.0361. The maximum Gasteiger partial charge on any atom is 0.231 e. The van der Waals surface area contributed by atoms with Gasteiger partial charge in [0.25, 0.3) is 0 Å². The molecule has 0 N–H and O–H groups in total. The zero-order valence-corrected chi connectivity index (χ0v) is 14.1. The fourth-order valence-corrected chi connectivity index (χ4v) is 3.00. The fourth-order valence-electron chi connectivity index (χ4n) is 2.77. The van der Waals surface area contributed by atoms with Crippen LogP contribution in [0.3, 0.4) is 0 Å². The summed E-state index contributed by atoms with van der Waals surface area (Å²) in [4.78, 5) is 12.4. The summed E-state index contributed by atoms with van der Waals surface area (Å²) in [6, 6.07) is 16.5. The van der Waals surface area contributed by atoms with Gasteiger partial charge in [-0.1, -0.05) is 23.7 Å². The Kier molecular flexibility index (Phi) is 4.20. The molecule has 2 aromatic carbocycles. The Labute approximate surface area is 149 Å². The van der Waals surface area contributed by atoms with Gasteiger partial charge in [0.05, 0.1) is 5.02 Å². The Bertz CT molecular complexity index is 929. The second-order valence-electron chi connectivity index (χ2n) is 5.74. The molecule has 1 aliphatic rings. The third-order valence-electron chi connectivity index (χ3n) is 4.09. The molecule has 0 radical (unpaired) electrons. The van der Waals surface area contributed by atoms with Gasteiger partial charge >= 0.3 is 0 Å². The van der Waals surface area contributed by atoms with E-state index < -0.39 is 0 Å². The van der Waals surface area contributed by atoms with Crippen molar-refractivity contribution in [3.05, 3.63) is 70.9 Å². The summed E-state index contributed by atoms with van der Waals surface area (Å²) in [5, 5.41) is 0.639. The highest BCUT2D eigenvalue weighted by atomic mass is 35.5. The molecule has 4 rings (SSSR count). The minimum Gasteiger partial charge on any atom is -0.461 e. The molecule has 0 aliphatic carbocycles.